The number of rotatable bonds is 4. The molecule has 0 fully saturated rings. The third-order valence-corrected chi connectivity index (χ3v) is 3.83. The van der Waals surface area contributed by atoms with E-state index in [0.717, 1.165) is 22.3 Å². The van der Waals surface area contributed by atoms with Crippen molar-refractivity contribution >= 4 is 15.9 Å². The Morgan fingerprint density at radius 1 is 1.44 bits per heavy atom. The molecule has 0 spiro atoms. The molecule has 0 aliphatic carbocycles. The topological polar surface area (TPSA) is 50.9 Å². The van der Waals surface area contributed by atoms with Crippen LogP contribution in [-0.4, -0.2) is 19.9 Å². The number of hydrogen-bond acceptors (Lipinski definition) is 3. The lowest BCUT2D eigenvalue weighted by molar-refractivity contribution is 0.171. The molecule has 0 saturated heterocycles. The van der Waals surface area contributed by atoms with E-state index >= 15 is 0 Å². The predicted octanol–water partition coefficient (Wildman–Crippen LogP) is 2.42. The standard InChI is InChI=1S/C13H16BrN3O/c1-3-9-13(14)11(17(2)16-9)8-12(18)10-6-4-5-7-15-10/h4-7,12,18H,3,8H2,1-2H3. The van der Waals surface area contributed by atoms with Gasteiger partial charge in [-0.2, -0.15) is 5.10 Å². The molecule has 0 bridgehead atoms. The minimum Gasteiger partial charge on any atom is -0.386 e. The van der Waals surface area contributed by atoms with Crippen LogP contribution in [-0.2, 0) is 19.9 Å². The maximum atomic E-state index is 10.2. The summed E-state index contributed by atoms with van der Waals surface area (Å²) in [5.41, 5.74) is 2.69. The summed E-state index contributed by atoms with van der Waals surface area (Å²) in [6.45, 7) is 2.06. The van der Waals surface area contributed by atoms with Gasteiger partial charge < -0.3 is 5.11 Å². The largest absolute Gasteiger partial charge is 0.386 e. The van der Waals surface area contributed by atoms with Gasteiger partial charge in [0.25, 0.3) is 0 Å². The minimum absolute atomic E-state index is 0.501. The average Bonchev–Trinajstić information content (AvgIpc) is 2.67. The Bertz CT molecular complexity index is 525. The van der Waals surface area contributed by atoms with Crippen molar-refractivity contribution in [3.63, 3.8) is 0 Å². The zero-order chi connectivity index (χ0) is 13.1. The first kappa shape index (κ1) is 13.2. The summed E-state index contributed by atoms with van der Waals surface area (Å²) in [7, 11) is 1.89. The Balaban J connectivity index is 2.22. The molecule has 2 aromatic heterocycles. The Kier molecular flexibility index (Phi) is 4.14. The number of nitrogens with zero attached hydrogens (tertiary/aromatic N) is 3. The van der Waals surface area contributed by atoms with E-state index in [1.807, 2.05) is 29.9 Å². The van der Waals surface area contributed by atoms with Gasteiger partial charge in [-0.3, -0.25) is 9.67 Å². The maximum Gasteiger partial charge on any atom is 0.101 e. The van der Waals surface area contributed by atoms with Crippen molar-refractivity contribution < 1.29 is 5.11 Å². The van der Waals surface area contributed by atoms with Crippen molar-refractivity contribution in [2.24, 2.45) is 7.05 Å². The van der Waals surface area contributed by atoms with Crippen molar-refractivity contribution in [2.45, 2.75) is 25.9 Å². The Hall–Kier alpha value is -1.20. The van der Waals surface area contributed by atoms with E-state index in [1.165, 1.54) is 0 Å². The van der Waals surface area contributed by atoms with Gasteiger partial charge >= 0.3 is 0 Å². The molecule has 0 saturated carbocycles. The lowest BCUT2D eigenvalue weighted by Gasteiger charge is -2.10. The molecule has 1 N–H and O–H groups in total. The normalized spacial score (nSPS) is 12.7. The van der Waals surface area contributed by atoms with E-state index in [4.69, 9.17) is 0 Å². The number of aryl methyl sites for hydroxylation is 2. The number of aliphatic hydroxyl groups is 1. The number of aromatic nitrogens is 3. The highest BCUT2D eigenvalue weighted by molar-refractivity contribution is 9.10. The monoisotopic (exact) mass is 309 g/mol. The van der Waals surface area contributed by atoms with Gasteiger partial charge in [0.2, 0.25) is 0 Å². The van der Waals surface area contributed by atoms with E-state index in [2.05, 4.69) is 32.9 Å². The predicted molar refractivity (Wildman–Crippen MR) is 73.2 cm³/mol. The van der Waals surface area contributed by atoms with Gasteiger partial charge in [-0.05, 0) is 34.5 Å². The molecular weight excluding hydrogens is 294 g/mol. The molecule has 1 atom stereocenters. The average molecular weight is 310 g/mol. The van der Waals surface area contributed by atoms with Crippen LogP contribution in [0.15, 0.2) is 28.9 Å². The van der Waals surface area contributed by atoms with Gasteiger partial charge in [0.05, 0.1) is 21.6 Å². The van der Waals surface area contributed by atoms with Crippen molar-refractivity contribution in [1.82, 2.24) is 14.8 Å². The molecule has 0 aliphatic rings. The van der Waals surface area contributed by atoms with Gasteiger partial charge in [0, 0.05) is 19.7 Å². The second-order valence-electron chi connectivity index (χ2n) is 4.16. The summed E-state index contributed by atoms with van der Waals surface area (Å²) >= 11 is 3.55. The maximum absolute atomic E-state index is 10.2. The highest BCUT2D eigenvalue weighted by Gasteiger charge is 2.17. The van der Waals surface area contributed by atoms with Crippen molar-refractivity contribution in [3.8, 4) is 0 Å². The van der Waals surface area contributed by atoms with Crippen LogP contribution in [0.4, 0.5) is 0 Å². The fourth-order valence-electron chi connectivity index (χ4n) is 1.90. The molecule has 0 aromatic carbocycles. The number of hydrogen-bond donors (Lipinski definition) is 1. The summed E-state index contributed by atoms with van der Waals surface area (Å²) < 4.78 is 2.80. The van der Waals surface area contributed by atoms with E-state index in [-0.39, 0.29) is 0 Å². The lowest BCUT2D eigenvalue weighted by Crippen LogP contribution is -2.08. The van der Waals surface area contributed by atoms with Crippen LogP contribution in [0.1, 0.15) is 30.1 Å². The lowest BCUT2D eigenvalue weighted by atomic mass is 10.1. The molecule has 0 radical (unpaired) electrons. The van der Waals surface area contributed by atoms with Gasteiger partial charge in [-0.1, -0.05) is 13.0 Å². The molecule has 0 aliphatic heterocycles. The minimum atomic E-state index is -0.609. The second-order valence-corrected chi connectivity index (χ2v) is 4.95. The highest BCUT2D eigenvalue weighted by Crippen LogP contribution is 2.25. The first-order valence-electron chi connectivity index (χ1n) is 5.92. The first-order chi connectivity index (χ1) is 8.63. The summed E-state index contributed by atoms with van der Waals surface area (Å²) in [5.74, 6) is 0. The summed E-state index contributed by atoms with van der Waals surface area (Å²) in [5, 5.41) is 14.6. The Morgan fingerprint density at radius 2 is 2.22 bits per heavy atom. The van der Waals surface area contributed by atoms with Crippen LogP contribution in [0.5, 0.6) is 0 Å². The molecular formula is C13H16BrN3O. The van der Waals surface area contributed by atoms with E-state index in [0.29, 0.717) is 12.1 Å². The zero-order valence-corrected chi connectivity index (χ0v) is 12.1. The van der Waals surface area contributed by atoms with Gasteiger partial charge in [0.1, 0.15) is 6.10 Å². The SMILES string of the molecule is CCc1nn(C)c(CC(O)c2ccccn2)c1Br. The second kappa shape index (κ2) is 5.63. The summed E-state index contributed by atoms with van der Waals surface area (Å²) in [4.78, 5) is 4.17. The summed E-state index contributed by atoms with van der Waals surface area (Å²) in [6, 6.07) is 5.54. The van der Waals surface area contributed by atoms with Crippen molar-refractivity contribution in [2.75, 3.05) is 0 Å². The quantitative estimate of drug-likeness (QED) is 0.943. The molecule has 0 amide bonds. The molecule has 1 unspecified atom stereocenters. The van der Waals surface area contributed by atoms with Crippen molar-refractivity contribution in [1.29, 1.82) is 0 Å². The number of aliphatic hydroxyl groups excluding tert-OH is 1. The third kappa shape index (κ3) is 2.62. The Labute approximate surface area is 115 Å². The first-order valence-corrected chi connectivity index (χ1v) is 6.72. The van der Waals surface area contributed by atoms with E-state index in [9.17, 15) is 5.11 Å². The smallest absolute Gasteiger partial charge is 0.101 e. The summed E-state index contributed by atoms with van der Waals surface area (Å²) in [6.07, 6.45) is 2.45. The zero-order valence-electron chi connectivity index (χ0n) is 10.5. The fraction of sp³-hybridized carbons (Fsp3) is 0.385. The van der Waals surface area contributed by atoms with E-state index < -0.39 is 6.10 Å². The van der Waals surface area contributed by atoms with Crippen LogP contribution in [0.2, 0.25) is 0 Å². The van der Waals surface area contributed by atoms with Crippen LogP contribution in [0.25, 0.3) is 0 Å². The molecule has 2 heterocycles. The molecule has 5 heteroatoms. The molecule has 96 valence electrons. The van der Waals surface area contributed by atoms with Crippen LogP contribution in [0, 0.1) is 0 Å². The molecule has 2 rings (SSSR count). The van der Waals surface area contributed by atoms with Gasteiger partial charge in [0.15, 0.2) is 0 Å². The number of halogens is 1. The molecule has 2 aromatic rings. The molecule has 4 nitrogen and oxygen atoms in total. The molecule has 18 heavy (non-hydrogen) atoms. The third-order valence-electron chi connectivity index (χ3n) is 2.92. The van der Waals surface area contributed by atoms with Gasteiger partial charge in [-0.15, -0.1) is 0 Å². The van der Waals surface area contributed by atoms with Crippen LogP contribution >= 0.6 is 15.9 Å². The number of pyridine rings is 1. The van der Waals surface area contributed by atoms with E-state index in [1.54, 1.807) is 6.20 Å². The highest BCUT2D eigenvalue weighted by atomic mass is 79.9. The fourth-order valence-corrected chi connectivity index (χ4v) is 2.68. The van der Waals surface area contributed by atoms with Crippen LogP contribution < -0.4 is 0 Å². The van der Waals surface area contributed by atoms with Gasteiger partial charge in [-0.25, -0.2) is 0 Å². The van der Waals surface area contributed by atoms with Crippen molar-refractivity contribution in [3.05, 3.63) is 46.0 Å². The Morgan fingerprint density at radius 3 is 2.78 bits per heavy atom. The van der Waals surface area contributed by atoms with Crippen LogP contribution in [0.3, 0.4) is 0 Å².